The van der Waals surface area contributed by atoms with Crippen LogP contribution in [-0.2, 0) is 6.42 Å². The molecule has 0 fully saturated rings. The van der Waals surface area contributed by atoms with Crippen LogP contribution >= 0.6 is 0 Å². The highest BCUT2D eigenvalue weighted by molar-refractivity contribution is 5.28. The van der Waals surface area contributed by atoms with E-state index < -0.39 is 6.04 Å². The molecule has 20 heavy (non-hydrogen) atoms. The standard InChI is InChI=1S/C14H16FN3O2/c1-19-12-8-17-13(14(18-12)20-2)11(16)7-9-5-3-4-6-10(9)15/h3-6,8,11H,7,16H2,1-2H3. The average molecular weight is 277 g/mol. The minimum absolute atomic E-state index is 0.285. The zero-order chi connectivity index (χ0) is 14.5. The number of halogens is 1. The van der Waals surface area contributed by atoms with Crippen LogP contribution in [0.15, 0.2) is 30.5 Å². The van der Waals surface area contributed by atoms with E-state index in [1.807, 2.05) is 0 Å². The van der Waals surface area contributed by atoms with Gasteiger partial charge in [0.25, 0.3) is 0 Å². The lowest BCUT2D eigenvalue weighted by molar-refractivity contribution is 0.353. The first-order chi connectivity index (χ1) is 9.65. The zero-order valence-electron chi connectivity index (χ0n) is 11.3. The Labute approximate surface area is 116 Å². The van der Waals surface area contributed by atoms with Gasteiger partial charge < -0.3 is 15.2 Å². The molecule has 1 atom stereocenters. The van der Waals surface area contributed by atoms with Gasteiger partial charge in [-0.2, -0.15) is 4.98 Å². The van der Waals surface area contributed by atoms with Gasteiger partial charge in [-0.25, -0.2) is 9.37 Å². The summed E-state index contributed by atoms with van der Waals surface area (Å²) in [6.07, 6.45) is 1.77. The summed E-state index contributed by atoms with van der Waals surface area (Å²) in [5.41, 5.74) is 7.07. The summed E-state index contributed by atoms with van der Waals surface area (Å²) in [4.78, 5) is 8.30. The van der Waals surface area contributed by atoms with E-state index in [2.05, 4.69) is 9.97 Å². The highest BCUT2D eigenvalue weighted by Gasteiger charge is 2.18. The SMILES string of the molecule is COc1cnc(C(N)Cc2ccccc2F)c(OC)n1. The van der Waals surface area contributed by atoms with Crippen molar-refractivity contribution in [1.29, 1.82) is 0 Å². The Kier molecular flexibility index (Phi) is 4.47. The Morgan fingerprint density at radius 3 is 2.65 bits per heavy atom. The maximum absolute atomic E-state index is 13.6. The number of aromatic nitrogens is 2. The van der Waals surface area contributed by atoms with Crippen molar-refractivity contribution in [3.8, 4) is 11.8 Å². The molecule has 0 saturated carbocycles. The molecule has 2 N–H and O–H groups in total. The van der Waals surface area contributed by atoms with Crippen LogP contribution in [0.4, 0.5) is 4.39 Å². The molecule has 1 aromatic heterocycles. The van der Waals surface area contributed by atoms with E-state index in [0.29, 0.717) is 23.6 Å². The van der Waals surface area contributed by atoms with E-state index in [9.17, 15) is 4.39 Å². The smallest absolute Gasteiger partial charge is 0.240 e. The second kappa shape index (κ2) is 6.29. The van der Waals surface area contributed by atoms with E-state index in [4.69, 9.17) is 15.2 Å². The lowest BCUT2D eigenvalue weighted by Gasteiger charge is -2.14. The van der Waals surface area contributed by atoms with Crippen LogP contribution in [0.25, 0.3) is 0 Å². The monoisotopic (exact) mass is 277 g/mol. The van der Waals surface area contributed by atoms with Crippen molar-refractivity contribution >= 4 is 0 Å². The van der Waals surface area contributed by atoms with E-state index in [1.54, 1.807) is 18.2 Å². The number of hydrogen-bond acceptors (Lipinski definition) is 5. The molecule has 0 spiro atoms. The van der Waals surface area contributed by atoms with Gasteiger partial charge in [0.05, 0.1) is 26.5 Å². The largest absolute Gasteiger partial charge is 0.480 e. The van der Waals surface area contributed by atoms with Crippen LogP contribution in [0.5, 0.6) is 11.8 Å². The number of hydrogen-bond donors (Lipinski definition) is 1. The summed E-state index contributed by atoms with van der Waals surface area (Å²) in [6, 6.07) is 5.98. The Morgan fingerprint density at radius 2 is 2.00 bits per heavy atom. The normalized spacial score (nSPS) is 12.0. The third kappa shape index (κ3) is 3.03. The quantitative estimate of drug-likeness (QED) is 0.903. The van der Waals surface area contributed by atoms with Gasteiger partial charge in [-0.1, -0.05) is 18.2 Å². The molecule has 6 heteroatoms. The Balaban J connectivity index is 2.25. The summed E-state index contributed by atoms with van der Waals surface area (Å²) in [7, 11) is 2.96. The molecule has 2 aromatic rings. The Bertz CT molecular complexity index is 592. The second-order valence-electron chi connectivity index (χ2n) is 4.21. The van der Waals surface area contributed by atoms with Gasteiger partial charge in [0.15, 0.2) is 0 Å². The Hall–Kier alpha value is -2.21. The number of methoxy groups -OCH3 is 2. The van der Waals surface area contributed by atoms with Gasteiger partial charge >= 0.3 is 0 Å². The van der Waals surface area contributed by atoms with Crippen molar-refractivity contribution in [2.24, 2.45) is 5.73 Å². The number of nitrogens with two attached hydrogens (primary N) is 1. The van der Waals surface area contributed by atoms with Crippen molar-refractivity contribution < 1.29 is 13.9 Å². The summed E-state index contributed by atoms with van der Waals surface area (Å²) in [5, 5.41) is 0. The Morgan fingerprint density at radius 1 is 1.25 bits per heavy atom. The fraction of sp³-hybridized carbons (Fsp3) is 0.286. The molecule has 0 aliphatic heterocycles. The van der Waals surface area contributed by atoms with Crippen LogP contribution in [0.2, 0.25) is 0 Å². The molecule has 1 aromatic carbocycles. The van der Waals surface area contributed by atoms with E-state index >= 15 is 0 Å². The summed E-state index contributed by atoms with van der Waals surface area (Å²) in [5.74, 6) is 0.334. The van der Waals surface area contributed by atoms with E-state index in [1.165, 1.54) is 26.5 Å². The summed E-state index contributed by atoms with van der Waals surface area (Å²) < 4.78 is 23.7. The molecule has 0 aliphatic carbocycles. The van der Waals surface area contributed by atoms with Crippen LogP contribution in [0.1, 0.15) is 17.3 Å². The molecule has 1 heterocycles. The highest BCUT2D eigenvalue weighted by Crippen LogP contribution is 2.24. The van der Waals surface area contributed by atoms with Crippen molar-refractivity contribution in [1.82, 2.24) is 9.97 Å². The third-order valence-electron chi connectivity index (χ3n) is 2.90. The number of benzene rings is 1. The number of rotatable bonds is 5. The number of nitrogens with zero attached hydrogens (tertiary/aromatic N) is 2. The van der Waals surface area contributed by atoms with Crippen LogP contribution < -0.4 is 15.2 Å². The summed E-state index contributed by atoms with van der Waals surface area (Å²) >= 11 is 0. The fourth-order valence-electron chi connectivity index (χ4n) is 1.87. The van der Waals surface area contributed by atoms with Gasteiger partial charge in [0, 0.05) is 0 Å². The minimum atomic E-state index is -0.514. The predicted octanol–water partition coefficient (Wildman–Crippen LogP) is 1.88. The van der Waals surface area contributed by atoms with Crippen molar-refractivity contribution in [3.63, 3.8) is 0 Å². The molecule has 0 amide bonds. The van der Waals surface area contributed by atoms with Gasteiger partial charge in [-0.05, 0) is 18.1 Å². The van der Waals surface area contributed by atoms with Gasteiger partial charge in [-0.15, -0.1) is 0 Å². The van der Waals surface area contributed by atoms with Crippen molar-refractivity contribution in [3.05, 3.63) is 47.5 Å². The average Bonchev–Trinajstić information content (AvgIpc) is 2.48. The summed E-state index contributed by atoms with van der Waals surface area (Å²) in [6.45, 7) is 0. The molecule has 0 aliphatic rings. The van der Waals surface area contributed by atoms with Gasteiger partial charge in [0.2, 0.25) is 11.8 Å². The lowest BCUT2D eigenvalue weighted by atomic mass is 10.0. The van der Waals surface area contributed by atoms with Gasteiger partial charge in [-0.3, -0.25) is 0 Å². The minimum Gasteiger partial charge on any atom is -0.480 e. The van der Waals surface area contributed by atoms with Crippen LogP contribution in [0.3, 0.4) is 0 Å². The van der Waals surface area contributed by atoms with E-state index in [0.717, 1.165) is 0 Å². The molecule has 5 nitrogen and oxygen atoms in total. The molecule has 0 bridgehead atoms. The second-order valence-corrected chi connectivity index (χ2v) is 4.21. The van der Waals surface area contributed by atoms with Crippen LogP contribution in [-0.4, -0.2) is 24.2 Å². The van der Waals surface area contributed by atoms with Crippen LogP contribution in [0, 0.1) is 5.82 Å². The van der Waals surface area contributed by atoms with E-state index in [-0.39, 0.29) is 11.7 Å². The highest BCUT2D eigenvalue weighted by atomic mass is 19.1. The maximum atomic E-state index is 13.6. The first-order valence-electron chi connectivity index (χ1n) is 6.09. The molecule has 0 radical (unpaired) electrons. The molecule has 106 valence electrons. The van der Waals surface area contributed by atoms with Gasteiger partial charge in [0.1, 0.15) is 11.5 Å². The molecular formula is C14H16FN3O2. The predicted molar refractivity (Wildman–Crippen MR) is 72.2 cm³/mol. The first kappa shape index (κ1) is 14.2. The molecule has 2 rings (SSSR count). The third-order valence-corrected chi connectivity index (χ3v) is 2.90. The number of ether oxygens (including phenoxy) is 2. The molecule has 0 saturated heterocycles. The first-order valence-corrected chi connectivity index (χ1v) is 6.09. The molecular weight excluding hydrogens is 261 g/mol. The van der Waals surface area contributed by atoms with Crippen molar-refractivity contribution in [2.75, 3.05) is 14.2 Å². The zero-order valence-corrected chi connectivity index (χ0v) is 11.3. The molecule has 1 unspecified atom stereocenters. The van der Waals surface area contributed by atoms with Crippen molar-refractivity contribution in [2.45, 2.75) is 12.5 Å². The fourth-order valence-corrected chi connectivity index (χ4v) is 1.87. The maximum Gasteiger partial charge on any atom is 0.240 e. The lowest BCUT2D eigenvalue weighted by Crippen LogP contribution is -2.17. The topological polar surface area (TPSA) is 70.3 Å².